The molecule has 0 radical (unpaired) electrons. The van der Waals surface area contributed by atoms with Crippen LogP contribution in [-0.2, 0) is 11.3 Å². The van der Waals surface area contributed by atoms with Crippen molar-refractivity contribution in [3.8, 4) is 0 Å². The van der Waals surface area contributed by atoms with Crippen molar-refractivity contribution in [2.45, 2.75) is 64.8 Å². The number of carbonyl (C=O) groups is 2. The van der Waals surface area contributed by atoms with Gasteiger partial charge >= 0.3 is 0 Å². The van der Waals surface area contributed by atoms with Crippen LogP contribution < -0.4 is 0 Å². The van der Waals surface area contributed by atoms with Crippen molar-refractivity contribution in [1.82, 2.24) is 9.80 Å². The zero-order valence-corrected chi connectivity index (χ0v) is 16.6. The minimum absolute atomic E-state index is 0.0340. The van der Waals surface area contributed by atoms with Gasteiger partial charge in [0.2, 0.25) is 5.91 Å². The van der Waals surface area contributed by atoms with E-state index in [1.54, 1.807) is 0 Å². The SMILES string of the molecule is CC1CCCN(C(=O)CC2(CN3Cc4ccccc4C3=O)CCCCC2)C1. The van der Waals surface area contributed by atoms with E-state index in [9.17, 15) is 9.59 Å². The largest absolute Gasteiger partial charge is 0.342 e. The number of amides is 2. The van der Waals surface area contributed by atoms with Crippen molar-refractivity contribution < 1.29 is 9.59 Å². The highest BCUT2D eigenvalue weighted by Crippen LogP contribution is 2.42. The van der Waals surface area contributed by atoms with Crippen LogP contribution in [0, 0.1) is 11.3 Å². The fraction of sp³-hybridized carbons (Fsp3) is 0.652. The minimum atomic E-state index is -0.0340. The molecule has 4 heteroatoms. The van der Waals surface area contributed by atoms with Gasteiger partial charge in [0, 0.05) is 38.2 Å². The molecule has 2 amide bonds. The van der Waals surface area contributed by atoms with Gasteiger partial charge < -0.3 is 9.80 Å². The molecular weight excluding hydrogens is 336 g/mol. The van der Waals surface area contributed by atoms with E-state index in [2.05, 4.69) is 17.9 Å². The van der Waals surface area contributed by atoms with Crippen LogP contribution in [0.15, 0.2) is 24.3 Å². The molecule has 1 atom stereocenters. The van der Waals surface area contributed by atoms with Crippen molar-refractivity contribution in [1.29, 1.82) is 0 Å². The lowest BCUT2D eigenvalue weighted by Gasteiger charge is -2.41. The smallest absolute Gasteiger partial charge is 0.254 e. The van der Waals surface area contributed by atoms with Crippen LogP contribution in [0.2, 0.25) is 0 Å². The molecule has 2 heterocycles. The molecule has 2 aliphatic heterocycles. The monoisotopic (exact) mass is 368 g/mol. The first-order valence-corrected chi connectivity index (χ1v) is 10.7. The third-order valence-electron chi connectivity index (χ3n) is 6.87. The Hall–Kier alpha value is -1.84. The Labute approximate surface area is 162 Å². The fourth-order valence-corrected chi connectivity index (χ4v) is 5.39. The van der Waals surface area contributed by atoms with Gasteiger partial charge in [0.15, 0.2) is 0 Å². The Morgan fingerprint density at radius 3 is 2.67 bits per heavy atom. The Morgan fingerprint density at radius 2 is 1.93 bits per heavy atom. The normalized spacial score (nSPS) is 24.8. The summed E-state index contributed by atoms with van der Waals surface area (Å²) in [6.07, 6.45) is 8.72. The lowest BCUT2D eigenvalue weighted by atomic mass is 9.71. The Kier molecular flexibility index (Phi) is 5.25. The topological polar surface area (TPSA) is 40.6 Å². The Morgan fingerprint density at radius 1 is 1.15 bits per heavy atom. The van der Waals surface area contributed by atoms with Crippen molar-refractivity contribution in [2.24, 2.45) is 11.3 Å². The molecular formula is C23H32N2O2. The summed E-state index contributed by atoms with van der Waals surface area (Å²) in [5.41, 5.74) is 1.94. The number of benzene rings is 1. The maximum atomic E-state index is 13.1. The van der Waals surface area contributed by atoms with Gasteiger partial charge in [-0.1, -0.05) is 44.4 Å². The van der Waals surface area contributed by atoms with Crippen molar-refractivity contribution in [2.75, 3.05) is 19.6 Å². The number of carbonyl (C=O) groups excluding carboxylic acids is 2. The fourth-order valence-electron chi connectivity index (χ4n) is 5.39. The number of hydrogen-bond acceptors (Lipinski definition) is 2. The molecule has 1 aromatic rings. The summed E-state index contributed by atoms with van der Waals surface area (Å²) < 4.78 is 0. The minimum Gasteiger partial charge on any atom is -0.342 e. The summed E-state index contributed by atoms with van der Waals surface area (Å²) in [7, 11) is 0. The molecule has 1 aliphatic carbocycles. The third-order valence-corrected chi connectivity index (χ3v) is 6.87. The first-order chi connectivity index (χ1) is 13.1. The van der Waals surface area contributed by atoms with Crippen LogP contribution in [0.25, 0.3) is 0 Å². The molecule has 1 aromatic carbocycles. The van der Waals surface area contributed by atoms with Crippen molar-refractivity contribution in [3.63, 3.8) is 0 Å². The molecule has 2 fully saturated rings. The summed E-state index contributed by atoms with van der Waals surface area (Å²) in [5.74, 6) is 1.07. The van der Waals surface area contributed by atoms with E-state index in [0.717, 1.165) is 50.0 Å². The molecule has 3 aliphatic rings. The summed E-state index contributed by atoms with van der Waals surface area (Å²) >= 11 is 0. The molecule has 4 rings (SSSR count). The van der Waals surface area contributed by atoms with Crippen LogP contribution in [0.4, 0.5) is 0 Å². The Balaban J connectivity index is 1.48. The number of likely N-dealkylation sites (tertiary alicyclic amines) is 1. The molecule has 4 nitrogen and oxygen atoms in total. The van der Waals surface area contributed by atoms with E-state index in [1.165, 1.54) is 25.7 Å². The molecule has 27 heavy (non-hydrogen) atoms. The molecule has 1 saturated heterocycles. The molecule has 1 unspecified atom stereocenters. The maximum Gasteiger partial charge on any atom is 0.254 e. The van der Waals surface area contributed by atoms with E-state index < -0.39 is 0 Å². The Bertz CT molecular complexity index is 708. The predicted molar refractivity (Wildman–Crippen MR) is 106 cm³/mol. The van der Waals surface area contributed by atoms with Crippen LogP contribution >= 0.6 is 0 Å². The second-order valence-corrected chi connectivity index (χ2v) is 9.14. The van der Waals surface area contributed by atoms with E-state index >= 15 is 0 Å². The lowest BCUT2D eigenvalue weighted by Crippen LogP contribution is -2.45. The van der Waals surface area contributed by atoms with Crippen LogP contribution in [0.5, 0.6) is 0 Å². The number of fused-ring (bicyclic) bond motifs is 1. The van der Waals surface area contributed by atoms with Crippen LogP contribution in [0.1, 0.15) is 74.2 Å². The highest BCUT2D eigenvalue weighted by molar-refractivity contribution is 5.98. The van der Waals surface area contributed by atoms with Gasteiger partial charge in [-0.2, -0.15) is 0 Å². The first kappa shape index (κ1) is 18.5. The predicted octanol–water partition coefficient (Wildman–Crippen LogP) is 4.24. The van der Waals surface area contributed by atoms with E-state index in [-0.39, 0.29) is 11.3 Å². The summed E-state index contributed by atoms with van der Waals surface area (Å²) in [4.78, 5) is 30.1. The summed E-state index contributed by atoms with van der Waals surface area (Å²) in [6.45, 7) is 5.49. The lowest BCUT2D eigenvalue weighted by molar-refractivity contribution is -0.136. The summed E-state index contributed by atoms with van der Waals surface area (Å²) in [5, 5.41) is 0. The summed E-state index contributed by atoms with van der Waals surface area (Å²) in [6, 6.07) is 7.94. The number of piperidine rings is 1. The van der Waals surface area contributed by atoms with Crippen LogP contribution in [-0.4, -0.2) is 41.2 Å². The maximum absolute atomic E-state index is 13.1. The average Bonchev–Trinajstić information content (AvgIpc) is 2.98. The molecule has 0 N–H and O–H groups in total. The highest BCUT2D eigenvalue weighted by atomic mass is 16.2. The van der Waals surface area contributed by atoms with E-state index in [1.807, 2.05) is 23.1 Å². The second-order valence-electron chi connectivity index (χ2n) is 9.14. The molecule has 0 aromatic heterocycles. The van der Waals surface area contributed by atoms with Gasteiger partial charge in [-0.15, -0.1) is 0 Å². The van der Waals surface area contributed by atoms with E-state index in [0.29, 0.717) is 24.8 Å². The van der Waals surface area contributed by atoms with Gasteiger partial charge in [-0.3, -0.25) is 9.59 Å². The molecule has 1 saturated carbocycles. The van der Waals surface area contributed by atoms with E-state index in [4.69, 9.17) is 0 Å². The van der Waals surface area contributed by atoms with Gasteiger partial charge in [0.25, 0.3) is 5.91 Å². The average molecular weight is 369 g/mol. The zero-order chi connectivity index (χ0) is 18.9. The van der Waals surface area contributed by atoms with Crippen LogP contribution in [0.3, 0.4) is 0 Å². The zero-order valence-electron chi connectivity index (χ0n) is 16.6. The van der Waals surface area contributed by atoms with Gasteiger partial charge in [0.1, 0.15) is 0 Å². The van der Waals surface area contributed by atoms with Crippen molar-refractivity contribution >= 4 is 11.8 Å². The number of hydrogen-bond donors (Lipinski definition) is 0. The third kappa shape index (κ3) is 3.90. The number of rotatable bonds is 4. The van der Waals surface area contributed by atoms with Gasteiger partial charge in [-0.25, -0.2) is 0 Å². The quantitative estimate of drug-likeness (QED) is 0.797. The highest BCUT2D eigenvalue weighted by Gasteiger charge is 2.40. The molecule has 0 spiro atoms. The molecule has 0 bridgehead atoms. The molecule has 146 valence electrons. The standard InChI is InChI=1S/C23H32N2O2/c1-18-8-7-13-24(15-18)21(26)14-23(11-5-2-6-12-23)17-25-16-19-9-3-4-10-20(19)22(25)27/h3-4,9-10,18H,2,5-8,11-17H2,1H3. The number of nitrogens with zero attached hydrogens (tertiary/aromatic N) is 2. The van der Waals surface area contributed by atoms with Crippen molar-refractivity contribution in [3.05, 3.63) is 35.4 Å². The van der Waals surface area contributed by atoms with Gasteiger partial charge in [0.05, 0.1) is 0 Å². The second kappa shape index (κ2) is 7.65. The van der Waals surface area contributed by atoms with Gasteiger partial charge in [-0.05, 0) is 48.6 Å². The first-order valence-electron chi connectivity index (χ1n) is 10.7.